The van der Waals surface area contributed by atoms with Gasteiger partial charge >= 0.3 is 0 Å². The molecule has 5 aromatic carbocycles. The third-order valence-electron chi connectivity index (χ3n) is 10.1. The minimum atomic E-state index is -4.10. The van der Waals surface area contributed by atoms with Gasteiger partial charge in [0.05, 0.1) is 10.6 Å². The summed E-state index contributed by atoms with van der Waals surface area (Å²) in [5.41, 5.74) is 6.69. The van der Waals surface area contributed by atoms with Crippen LogP contribution in [-0.2, 0) is 23.1 Å². The lowest BCUT2D eigenvalue weighted by atomic mass is 9.99. The SMILES string of the molecule is O=C(NS(=O)(=O)c1ccc(N[C@H](CCNCc2ccccn2)CSc2ccccc2)cc1)c1ccc(N2CCN(Cc3ccccc3-c3ccc(Cl)cc3)CC2)cc1. The molecule has 298 valence electrons. The van der Waals surface area contributed by atoms with E-state index in [1.807, 2.05) is 60.7 Å². The number of nitrogens with zero attached hydrogens (tertiary/aromatic N) is 3. The fourth-order valence-corrected chi connectivity index (χ4v) is 9.00. The van der Waals surface area contributed by atoms with E-state index in [0.717, 1.165) is 79.1 Å². The first-order chi connectivity index (χ1) is 28.3. The first kappa shape index (κ1) is 41.0. The van der Waals surface area contributed by atoms with Gasteiger partial charge in [-0.3, -0.25) is 14.7 Å². The Morgan fingerprint density at radius 3 is 2.21 bits per heavy atom. The van der Waals surface area contributed by atoms with Crippen LogP contribution in [-0.4, -0.2) is 68.7 Å². The number of aromatic nitrogens is 1. The molecule has 0 unspecified atom stereocenters. The van der Waals surface area contributed by atoms with Gasteiger partial charge < -0.3 is 15.5 Å². The van der Waals surface area contributed by atoms with Crippen LogP contribution in [0.4, 0.5) is 11.4 Å². The highest BCUT2D eigenvalue weighted by molar-refractivity contribution is 7.99. The van der Waals surface area contributed by atoms with Crippen molar-refractivity contribution in [1.82, 2.24) is 19.9 Å². The molecule has 7 rings (SSSR count). The molecule has 3 N–H and O–H groups in total. The first-order valence-corrected chi connectivity index (χ1v) is 22.3. The van der Waals surface area contributed by atoms with Gasteiger partial charge in [0.2, 0.25) is 0 Å². The van der Waals surface area contributed by atoms with Crippen LogP contribution in [0.15, 0.2) is 162 Å². The average Bonchev–Trinajstić information content (AvgIpc) is 3.26. The van der Waals surface area contributed by atoms with Gasteiger partial charge in [0.1, 0.15) is 0 Å². The Morgan fingerprint density at radius 2 is 1.48 bits per heavy atom. The van der Waals surface area contributed by atoms with Crippen molar-refractivity contribution >= 4 is 50.7 Å². The summed E-state index contributed by atoms with van der Waals surface area (Å²) >= 11 is 7.90. The van der Waals surface area contributed by atoms with Crippen molar-refractivity contribution < 1.29 is 13.2 Å². The van der Waals surface area contributed by atoms with Crippen LogP contribution in [0.1, 0.15) is 28.0 Å². The summed E-state index contributed by atoms with van der Waals surface area (Å²) in [6.07, 6.45) is 2.64. The molecule has 1 amide bonds. The van der Waals surface area contributed by atoms with E-state index in [0.29, 0.717) is 6.54 Å². The molecule has 1 saturated heterocycles. The predicted octanol–water partition coefficient (Wildman–Crippen LogP) is 8.60. The number of thioether (sulfide) groups is 1. The lowest BCUT2D eigenvalue weighted by Gasteiger charge is -2.36. The van der Waals surface area contributed by atoms with Crippen LogP contribution in [0.2, 0.25) is 5.02 Å². The first-order valence-electron chi connectivity index (χ1n) is 19.4. The lowest BCUT2D eigenvalue weighted by molar-refractivity contribution is 0.0981. The zero-order valence-electron chi connectivity index (χ0n) is 32.1. The minimum absolute atomic E-state index is 0.0175. The summed E-state index contributed by atoms with van der Waals surface area (Å²) in [6, 6.07) is 46.4. The Balaban J connectivity index is 0.902. The lowest BCUT2D eigenvalue weighted by Crippen LogP contribution is -2.46. The molecule has 2 heterocycles. The molecule has 6 aromatic rings. The quantitative estimate of drug-likeness (QED) is 0.0616. The summed E-state index contributed by atoms with van der Waals surface area (Å²) in [6.45, 7) is 5.76. The van der Waals surface area contributed by atoms with Gasteiger partial charge in [-0.25, -0.2) is 13.1 Å². The molecule has 1 aromatic heterocycles. The number of sulfonamides is 1. The second-order valence-corrected chi connectivity index (χ2v) is 17.4. The number of carbonyl (C=O) groups is 1. The van der Waals surface area contributed by atoms with Crippen molar-refractivity contribution in [3.63, 3.8) is 0 Å². The number of halogens is 1. The Bertz CT molecular complexity index is 2330. The van der Waals surface area contributed by atoms with Crippen molar-refractivity contribution in [3.05, 3.63) is 174 Å². The van der Waals surface area contributed by atoms with Gasteiger partial charge in [0.15, 0.2) is 0 Å². The molecular weight excluding hydrogens is 784 g/mol. The standard InChI is InChI=1S/C46H47ClN6O3S2/c47-38-17-13-35(14-18-38)45-12-5-4-8-37(45)33-52-28-30-53(31-29-52)42-21-15-36(16-22-42)46(54)51-58(55,56)44-23-19-39(20-24-44)50-41(34-57-43-10-2-1-3-11-43)25-27-48-32-40-9-6-7-26-49-40/h1-24,26,41,48,50H,25,27-34H2,(H,51,54)/t41-/m1/s1. The van der Waals surface area contributed by atoms with E-state index in [4.69, 9.17) is 11.6 Å². The maximum Gasteiger partial charge on any atom is 0.264 e. The Kier molecular flexibility index (Phi) is 14.1. The normalized spacial score (nSPS) is 13.8. The van der Waals surface area contributed by atoms with Crippen LogP contribution in [0, 0.1) is 0 Å². The van der Waals surface area contributed by atoms with Crippen molar-refractivity contribution in [2.75, 3.05) is 48.7 Å². The van der Waals surface area contributed by atoms with E-state index in [-0.39, 0.29) is 16.5 Å². The molecule has 1 aliphatic heterocycles. The number of piperazine rings is 1. The van der Waals surface area contributed by atoms with E-state index < -0.39 is 15.9 Å². The average molecular weight is 832 g/mol. The fraction of sp³-hybridized carbons (Fsp3) is 0.217. The number of anilines is 2. The van der Waals surface area contributed by atoms with E-state index in [1.54, 1.807) is 42.2 Å². The summed E-state index contributed by atoms with van der Waals surface area (Å²) in [5, 5.41) is 7.78. The highest BCUT2D eigenvalue weighted by Crippen LogP contribution is 2.28. The zero-order valence-corrected chi connectivity index (χ0v) is 34.5. The second kappa shape index (κ2) is 20.0. The molecule has 9 nitrogen and oxygen atoms in total. The third-order valence-corrected chi connectivity index (χ3v) is 12.9. The third kappa shape index (κ3) is 11.5. The summed E-state index contributed by atoms with van der Waals surface area (Å²) in [7, 11) is -4.10. The molecule has 1 aliphatic rings. The molecule has 12 heteroatoms. The number of hydrogen-bond donors (Lipinski definition) is 3. The molecular formula is C46H47ClN6O3S2. The van der Waals surface area contributed by atoms with Gasteiger partial charge in [-0.2, -0.15) is 0 Å². The molecule has 58 heavy (non-hydrogen) atoms. The molecule has 0 bridgehead atoms. The van der Waals surface area contributed by atoms with E-state index in [2.05, 4.69) is 78.7 Å². The number of carbonyl (C=O) groups excluding carboxylic acids is 1. The van der Waals surface area contributed by atoms with Crippen molar-refractivity contribution in [2.24, 2.45) is 0 Å². The van der Waals surface area contributed by atoms with Crippen LogP contribution >= 0.6 is 23.4 Å². The number of nitrogens with one attached hydrogen (secondary N) is 3. The molecule has 0 saturated carbocycles. The van der Waals surface area contributed by atoms with Crippen LogP contribution in [0.3, 0.4) is 0 Å². The second-order valence-electron chi connectivity index (χ2n) is 14.2. The van der Waals surface area contributed by atoms with Gasteiger partial charge in [-0.1, -0.05) is 72.3 Å². The summed E-state index contributed by atoms with van der Waals surface area (Å²) < 4.78 is 28.9. The fourth-order valence-electron chi connectivity index (χ4n) is 6.91. The highest BCUT2D eigenvalue weighted by atomic mass is 35.5. The summed E-state index contributed by atoms with van der Waals surface area (Å²) in [4.78, 5) is 23.5. The molecule has 0 radical (unpaired) electrons. The monoisotopic (exact) mass is 830 g/mol. The largest absolute Gasteiger partial charge is 0.381 e. The van der Waals surface area contributed by atoms with E-state index >= 15 is 0 Å². The topological polar surface area (TPSA) is 107 Å². The zero-order chi connectivity index (χ0) is 40.2. The van der Waals surface area contributed by atoms with Gasteiger partial charge in [-0.05, 0) is 115 Å². The molecule has 1 atom stereocenters. The van der Waals surface area contributed by atoms with Crippen molar-refractivity contribution in [1.29, 1.82) is 0 Å². The maximum atomic E-state index is 13.3. The molecule has 0 spiro atoms. The number of pyridine rings is 1. The van der Waals surface area contributed by atoms with Gasteiger partial charge in [-0.15, -0.1) is 11.8 Å². The Hall–Kier alpha value is -5.17. The number of benzene rings is 5. The number of rotatable bonds is 17. The minimum Gasteiger partial charge on any atom is -0.381 e. The number of hydrogen-bond acceptors (Lipinski definition) is 9. The summed E-state index contributed by atoms with van der Waals surface area (Å²) in [5.74, 6) is 0.149. The molecule has 1 fully saturated rings. The van der Waals surface area contributed by atoms with Gasteiger partial charge in [0.25, 0.3) is 15.9 Å². The van der Waals surface area contributed by atoms with Crippen molar-refractivity contribution in [2.45, 2.75) is 35.3 Å². The molecule has 0 aliphatic carbocycles. The predicted molar refractivity (Wildman–Crippen MR) is 237 cm³/mol. The number of amides is 1. The van der Waals surface area contributed by atoms with Crippen LogP contribution < -0.4 is 20.3 Å². The van der Waals surface area contributed by atoms with Crippen molar-refractivity contribution in [3.8, 4) is 11.1 Å². The Labute approximate surface area is 350 Å². The van der Waals surface area contributed by atoms with Crippen LogP contribution in [0.25, 0.3) is 11.1 Å². The van der Waals surface area contributed by atoms with Crippen LogP contribution in [0.5, 0.6) is 0 Å². The maximum absolute atomic E-state index is 13.3. The highest BCUT2D eigenvalue weighted by Gasteiger charge is 2.22. The van der Waals surface area contributed by atoms with E-state index in [1.165, 1.54) is 28.2 Å². The smallest absolute Gasteiger partial charge is 0.264 e. The van der Waals surface area contributed by atoms with Gasteiger partial charge in [0, 0.05) is 84.1 Å². The van der Waals surface area contributed by atoms with E-state index in [9.17, 15) is 13.2 Å². The Morgan fingerprint density at radius 1 is 0.776 bits per heavy atom.